The predicted octanol–water partition coefficient (Wildman–Crippen LogP) is 0.698. The van der Waals surface area contributed by atoms with Gasteiger partial charge in [-0.05, 0) is 30.2 Å². The molecule has 0 radical (unpaired) electrons. The fourth-order valence-corrected chi connectivity index (χ4v) is 3.93. The minimum atomic E-state index is -3.59. The number of anilines is 1. The van der Waals surface area contributed by atoms with Gasteiger partial charge in [0.25, 0.3) is 0 Å². The highest BCUT2D eigenvalue weighted by atomic mass is 32.2. The molecule has 0 amide bonds. The van der Waals surface area contributed by atoms with Crippen LogP contribution in [0.2, 0.25) is 0 Å². The number of esters is 1. The number of carbonyl (C=O) groups excluding carboxylic acids is 1. The molecule has 1 aliphatic heterocycles. The molecular weight excluding hydrogens is 280 g/mol. The summed E-state index contributed by atoms with van der Waals surface area (Å²) in [4.78, 5) is 11.8. The molecule has 6 nitrogen and oxygen atoms in total. The molecule has 0 bridgehead atoms. The van der Waals surface area contributed by atoms with Crippen LogP contribution in [0, 0.1) is 11.8 Å². The van der Waals surface area contributed by atoms with Gasteiger partial charge >= 0.3 is 5.97 Å². The Bertz CT molecular complexity index is 597. The summed E-state index contributed by atoms with van der Waals surface area (Å²) in [6.07, 6.45) is 0. The van der Waals surface area contributed by atoms with Crippen LogP contribution in [0.15, 0.2) is 29.2 Å². The Morgan fingerprint density at radius 1 is 1.30 bits per heavy atom. The summed E-state index contributed by atoms with van der Waals surface area (Å²) < 4.78 is 31.0. The maximum Gasteiger partial charge on any atom is 0.310 e. The maximum atomic E-state index is 12.5. The Balaban J connectivity index is 2.24. The summed E-state index contributed by atoms with van der Waals surface area (Å²) in [7, 11) is -2.28. The Labute approximate surface area is 118 Å². The van der Waals surface area contributed by atoms with E-state index in [2.05, 4.69) is 0 Å². The zero-order chi connectivity index (χ0) is 14.9. The van der Waals surface area contributed by atoms with Crippen molar-refractivity contribution in [3.05, 3.63) is 24.3 Å². The molecule has 2 unspecified atom stereocenters. The minimum absolute atomic E-state index is 0.0639. The van der Waals surface area contributed by atoms with Gasteiger partial charge < -0.3 is 10.5 Å². The fourth-order valence-electron chi connectivity index (χ4n) is 2.37. The maximum absolute atomic E-state index is 12.5. The monoisotopic (exact) mass is 298 g/mol. The lowest BCUT2D eigenvalue weighted by atomic mass is 9.99. The molecule has 110 valence electrons. The van der Waals surface area contributed by atoms with E-state index in [9.17, 15) is 13.2 Å². The molecule has 1 aliphatic rings. The summed E-state index contributed by atoms with van der Waals surface area (Å²) in [5.41, 5.74) is 6.06. The number of nitrogens with zero attached hydrogens (tertiary/aromatic N) is 1. The van der Waals surface area contributed by atoms with Gasteiger partial charge in [-0.3, -0.25) is 4.79 Å². The highest BCUT2D eigenvalue weighted by Gasteiger charge is 2.41. The summed E-state index contributed by atoms with van der Waals surface area (Å²) >= 11 is 0. The van der Waals surface area contributed by atoms with Gasteiger partial charge in [-0.25, -0.2) is 8.42 Å². The van der Waals surface area contributed by atoms with Gasteiger partial charge in [0.1, 0.15) is 0 Å². The van der Waals surface area contributed by atoms with E-state index in [0.717, 1.165) is 0 Å². The molecule has 2 N–H and O–H groups in total. The van der Waals surface area contributed by atoms with E-state index in [-0.39, 0.29) is 23.3 Å². The second kappa shape index (κ2) is 5.41. The van der Waals surface area contributed by atoms with Crippen LogP contribution < -0.4 is 5.73 Å². The first-order valence-electron chi connectivity index (χ1n) is 6.29. The number of carbonyl (C=O) groups is 1. The summed E-state index contributed by atoms with van der Waals surface area (Å²) in [6, 6.07) is 6.04. The van der Waals surface area contributed by atoms with Gasteiger partial charge in [0.05, 0.1) is 17.9 Å². The van der Waals surface area contributed by atoms with E-state index in [4.69, 9.17) is 10.5 Å². The second-order valence-corrected chi connectivity index (χ2v) is 6.94. The van der Waals surface area contributed by atoms with E-state index in [1.165, 1.54) is 23.5 Å². The van der Waals surface area contributed by atoms with E-state index in [1.54, 1.807) is 12.1 Å². The van der Waals surface area contributed by atoms with Crippen molar-refractivity contribution in [3.63, 3.8) is 0 Å². The molecule has 0 spiro atoms. The normalized spacial score (nSPS) is 23.7. The van der Waals surface area contributed by atoms with Crippen molar-refractivity contribution in [2.24, 2.45) is 11.8 Å². The summed E-state index contributed by atoms with van der Waals surface area (Å²) in [6.45, 7) is 2.31. The van der Waals surface area contributed by atoms with Gasteiger partial charge in [0.2, 0.25) is 10.0 Å². The third-order valence-corrected chi connectivity index (χ3v) is 5.45. The number of benzene rings is 1. The summed E-state index contributed by atoms with van der Waals surface area (Å²) in [5, 5.41) is 0. The number of nitrogen functional groups attached to an aromatic ring is 1. The van der Waals surface area contributed by atoms with Crippen LogP contribution >= 0.6 is 0 Å². The average molecular weight is 298 g/mol. The van der Waals surface area contributed by atoms with Crippen LogP contribution in [0.3, 0.4) is 0 Å². The SMILES string of the molecule is COC(=O)C1CN(S(=O)(=O)c2ccc(N)cc2)CC1C. The van der Waals surface area contributed by atoms with E-state index in [0.29, 0.717) is 12.2 Å². The lowest BCUT2D eigenvalue weighted by molar-refractivity contribution is -0.145. The third-order valence-electron chi connectivity index (χ3n) is 3.60. The number of hydrogen-bond donors (Lipinski definition) is 1. The highest BCUT2D eigenvalue weighted by molar-refractivity contribution is 7.89. The van der Waals surface area contributed by atoms with Crippen LogP contribution in [-0.4, -0.2) is 38.9 Å². The number of ether oxygens (including phenoxy) is 1. The Hall–Kier alpha value is -1.60. The van der Waals surface area contributed by atoms with Crippen LogP contribution in [-0.2, 0) is 19.6 Å². The number of methoxy groups -OCH3 is 1. The van der Waals surface area contributed by atoms with Crippen LogP contribution in [0.25, 0.3) is 0 Å². The van der Waals surface area contributed by atoms with Crippen LogP contribution in [0.1, 0.15) is 6.92 Å². The molecule has 1 fully saturated rings. The number of rotatable bonds is 3. The molecule has 20 heavy (non-hydrogen) atoms. The number of hydrogen-bond acceptors (Lipinski definition) is 5. The molecule has 0 saturated carbocycles. The average Bonchev–Trinajstić information content (AvgIpc) is 2.81. The van der Waals surface area contributed by atoms with Crippen molar-refractivity contribution < 1.29 is 17.9 Å². The molecule has 7 heteroatoms. The largest absolute Gasteiger partial charge is 0.469 e. The number of nitrogens with two attached hydrogens (primary N) is 1. The molecule has 1 aromatic carbocycles. The highest BCUT2D eigenvalue weighted by Crippen LogP contribution is 2.29. The van der Waals surface area contributed by atoms with Gasteiger partial charge in [-0.1, -0.05) is 6.92 Å². The van der Waals surface area contributed by atoms with Crippen molar-refractivity contribution in [3.8, 4) is 0 Å². The summed E-state index contributed by atoms with van der Waals surface area (Å²) in [5.74, 6) is -0.845. The van der Waals surface area contributed by atoms with Crippen molar-refractivity contribution in [2.45, 2.75) is 11.8 Å². The third kappa shape index (κ3) is 2.64. The van der Waals surface area contributed by atoms with Crippen LogP contribution in [0.5, 0.6) is 0 Å². The molecule has 2 atom stereocenters. The zero-order valence-corrected chi connectivity index (χ0v) is 12.3. The van der Waals surface area contributed by atoms with Gasteiger partial charge in [0.15, 0.2) is 0 Å². The topological polar surface area (TPSA) is 89.7 Å². The van der Waals surface area contributed by atoms with Gasteiger partial charge in [0, 0.05) is 18.8 Å². The quantitative estimate of drug-likeness (QED) is 0.655. The first-order valence-corrected chi connectivity index (χ1v) is 7.73. The van der Waals surface area contributed by atoms with Crippen molar-refractivity contribution in [2.75, 3.05) is 25.9 Å². The van der Waals surface area contributed by atoms with E-state index >= 15 is 0 Å². The molecular formula is C13H18N2O4S. The standard InChI is InChI=1S/C13H18N2O4S/c1-9-7-15(8-12(9)13(16)19-2)20(17,18)11-5-3-10(14)4-6-11/h3-6,9,12H,7-8,14H2,1-2H3. The van der Waals surface area contributed by atoms with Crippen LogP contribution in [0.4, 0.5) is 5.69 Å². The Kier molecular flexibility index (Phi) is 4.01. The Morgan fingerprint density at radius 2 is 1.90 bits per heavy atom. The molecule has 1 heterocycles. The van der Waals surface area contributed by atoms with Gasteiger partial charge in [-0.15, -0.1) is 0 Å². The van der Waals surface area contributed by atoms with Crippen molar-refractivity contribution in [1.82, 2.24) is 4.31 Å². The minimum Gasteiger partial charge on any atom is -0.469 e. The first kappa shape index (κ1) is 14.8. The predicted molar refractivity (Wildman–Crippen MR) is 74.3 cm³/mol. The lowest BCUT2D eigenvalue weighted by Gasteiger charge is -2.16. The fraction of sp³-hybridized carbons (Fsp3) is 0.462. The molecule has 0 aliphatic carbocycles. The molecule has 1 aromatic rings. The molecule has 0 aromatic heterocycles. The molecule has 1 saturated heterocycles. The van der Waals surface area contributed by atoms with Gasteiger partial charge in [-0.2, -0.15) is 4.31 Å². The van der Waals surface area contributed by atoms with Crippen molar-refractivity contribution >= 4 is 21.7 Å². The first-order chi connectivity index (χ1) is 9.36. The lowest BCUT2D eigenvalue weighted by Crippen LogP contribution is -2.30. The van der Waals surface area contributed by atoms with E-state index in [1.807, 2.05) is 6.92 Å². The Morgan fingerprint density at radius 3 is 2.45 bits per heavy atom. The molecule has 2 rings (SSSR count). The van der Waals surface area contributed by atoms with Crippen molar-refractivity contribution in [1.29, 1.82) is 0 Å². The van der Waals surface area contributed by atoms with E-state index < -0.39 is 15.9 Å². The zero-order valence-electron chi connectivity index (χ0n) is 11.4. The smallest absolute Gasteiger partial charge is 0.310 e. The number of sulfonamides is 1. The second-order valence-electron chi connectivity index (χ2n) is 5.00.